The standard InChI is InChI=1S/C23H25F3N6O2/c1-14-16(15(2)32-20(29-14)17-6-4-5-7-18(17)30-32)8-9-19(33)27-11-10-22(34,23(24,25)26)21-28-12-13-31(21)3/h4-7,12-13,34H,8-11H2,1-3H3,(H,27,33). The summed E-state index contributed by atoms with van der Waals surface area (Å²) in [7, 11) is 1.37. The molecule has 180 valence electrons. The van der Waals surface area contributed by atoms with Crippen molar-refractivity contribution in [3.8, 4) is 0 Å². The van der Waals surface area contributed by atoms with Crippen molar-refractivity contribution in [1.29, 1.82) is 0 Å². The van der Waals surface area contributed by atoms with Gasteiger partial charge in [0, 0.05) is 55.6 Å². The maximum Gasteiger partial charge on any atom is 0.424 e. The first-order valence-corrected chi connectivity index (χ1v) is 10.8. The van der Waals surface area contributed by atoms with Crippen LogP contribution in [0.25, 0.3) is 16.6 Å². The van der Waals surface area contributed by atoms with E-state index in [9.17, 15) is 23.1 Å². The molecule has 0 aliphatic rings. The summed E-state index contributed by atoms with van der Waals surface area (Å²) < 4.78 is 43.7. The number of nitrogens with one attached hydrogen (secondary N) is 1. The number of carbonyl (C=O) groups is 1. The molecule has 0 saturated carbocycles. The zero-order valence-corrected chi connectivity index (χ0v) is 19.0. The van der Waals surface area contributed by atoms with Gasteiger partial charge in [-0.15, -0.1) is 0 Å². The summed E-state index contributed by atoms with van der Waals surface area (Å²) in [6.07, 6.45) is -2.78. The van der Waals surface area contributed by atoms with Gasteiger partial charge in [0.2, 0.25) is 11.5 Å². The van der Waals surface area contributed by atoms with E-state index in [0.29, 0.717) is 6.42 Å². The zero-order chi connectivity index (χ0) is 24.7. The molecule has 4 rings (SSSR count). The molecular weight excluding hydrogens is 449 g/mol. The number of aryl methyl sites for hydroxylation is 3. The number of imidazole rings is 1. The highest BCUT2D eigenvalue weighted by atomic mass is 19.4. The molecule has 0 bridgehead atoms. The van der Waals surface area contributed by atoms with Crippen LogP contribution in [0.15, 0.2) is 36.7 Å². The molecule has 8 nitrogen and oxygen atoms in total. The predicted molar refractivity (Wildman–Crippen MR) is 119 cm³/mol. The Hall–Kier alpha value is -3.47. The van der Waals surface area contributed by atoms with E-state index in [1.54, 1.807) is 4.52 Å². The molecule has 4 aromatic rings. The van der Waals surface area contributed by atoms with Crippen LogP contribution in [0.5, 0.6) is 0 Å². The van der Waals surface area contributed by atoms with E-state index in [1.807, 2.05) is 38.1 Å². The van der Waals surface area contributed by atoms with E-state index in [0.717, 1.165) is 38.1 Å². The summed E-state index contributed by atoms with van der Waals surface area (Å²) in [5.74, 6) is -0.944. The highest BCUT2D eigenvalue weighted by molar-refractivity contribution is 5.92. The first-order chi connectivity index (χ1) is 16.0. The Bertz CT molecular complexity index is 1360. The summed E-state index contributed by atoms with van der Waals surface area (Å²) in [6, 6.07) is 7.67. The Balaban J connectivity index is 1.43. The third-order valence-corrected chi connectivity index (χ3v) is 6.09. The quantitative estimate of drug-likeness (QED) is 0.429. The van der Waals surface area contributed by atoms with E-state index < -0.39 is 29.9 Å². The topological polar surface area (TPSA) is 97.3 Å². The minimum atomic E-state index is -4.94. The largest absolute Gasteiger partial charge is 0.424 e. The fourth-order valence-electron chi connectivity index (χ4n) is 4.19. The summed E-state index contributed by atoms with van der Waals surface area (Å²) >= 11 is 0. The molecule has 3 heterocycles. The van der Waals surface area contributed by atoms with E-state index in [4.69, 9.17) is 0 Å². The van der Waals surface area contributed by atoms with Crippen LogP contribution < -0.4 is 5.32 Å². The van der Waals surface area contributed by atoms with E-state index >= 15 is 0 Å². The summed E-state index contributed by atoms with van der Waals surface area (Å²) in [5.41, 5.74) is 0.868. The van der Waals surface area contributed by atoms with Gasteiger partial charge >= 0.3 is 6.18 Å². The minimum absolute atomic E-state index is 0.0580. The van der Waals surface area contributed by atoms with Crippen molar-refractivity contribution in [3.05, 3.63) is 59.4 Å². The number of amides is 1. The van der Waals surface area contributed by atoms with Crippen LogP contribution in [0.2, 0.25) is 0 Å². The molecule has 1 aromatic carbocycles. The van der Waals surface area contributed by atoms with Gasteiger partial charge in [0.1, 0.15) is 5.82 Å². The van der Waals surface area contributed by atoms with Gasteiger partial charge in [-0.05, 0) is 38.0 Å². The van der Waals surface area contributed by atoms with Crippen molar-refractivity contribution in [3.63, 3.8) is 0 Å². The Kier molecular flexibility index (Phi) is 6.07. The van der Waals surface area contributed by atoms with Crippen molar-refractivity contribution in [2.45, 2.75) is 44.9 Å². The summed E-state index contributed by atoms with van der Waals surface area (Å²) in [5, 5.41) is 18.4. The van der Waals surface area contributed by atoms with Crippen LogP contribution in [0, 0.1) is 13.8 Å². The number of alkyl halides is 3. The maximum absolute atomic E-state index is 13.6. The lowest BCUT2D eigenvalue weighted by Gasteiger charge is -2.30. The third kappa shape index (κ3) is 4.11. The van der Waals surface area contributed by atoms with Crippen molar-refractivity contribution in [1.82, 2.24) is 29.5 Å². The number of nitrogens with zero attached hydrogens (tertiary/aromatic N) is 5. The fraction of sp³-hybridized carbons (Fsp3) is 0.391. The Labute approximate surface area is 193 Å². The average molecular weight is 474 g/mol. The van der Waals surface area contributed by atoms with Gasteiger partial charge in [0.15, 0.2) is 5.65 Å². The number of aliphatic hydroxyl groups is 1. The maximum atomic E-state index is 13.6. The van der Waals surface area contributed by atoms with Crippen molar-refractivity contribution in [2.24, 2.45) is 7.05 Å². The molecule has 34 heavy (non-hydrogen) atoms. The molecule has 0 aliphatic carbocycles. The molecule has 0 aliphatic heterocycles. The molecule has 0 spiro atoms. The number of rotatable bonds is 7. The van der Waals surface area contributed by atoms with E-state index in [2.05, 4.69) is 20.4 Å². The highest BCUT2D eigenvalue weighted by Gasteiger charge is 2.57. The van der Waals surface area contributed by atoms with Crippen LogP contribution in [-0.2, 0) is 23.9 Å². The second kappa shape index (κ2) is 8.71. The van der Waals surface area contributed by atoms with Gasteiger partial charge < -0.3 is 15.0 Å². The van der Waals surface area contributed by atoms with Gasteiger partial charge in [0.05, 0.1) is 5.52 Å². The zero-order valence-electron chi connectivity index (χ0n) is 19.0. The molecule has 0 radical (unpaired) electrons. The van der Waals surface area contributed by atoms with Gasteiger partial charge in [-0.3, -0.25) is 4.79 Å². The molecule has 1 amide bonds. The van der Waals surface area contributed by atoms with Crippen molar-refractivity contribution in [2.75, 3.05) is 6.54 Å². The smallest absolute Gasteiger partial charge is 0.374 e. The molecular formula is C23H25F3N6O2. The lowest BCUT2D eigenvalue weighted by molar-refractivity contribution is -0.272. The van der Waals surface area contributed by atoms with Gasteiger partial charge in [-0.25, -0.2) is 14.5 Å². The van der Waals surface area contributed by atoms with Crippen LogP contribution in [0.4, 0.5) is 13.2 Å². The molecule has 2 N–H and O–H groups in total. The van der Waals surface area contributed by atoms with Gasteiger partial charge in [0.25, 0.3) is 0 Å². The molecule has 1 atom stereocenters. The molecule has 3 aromatic heterocycles. The van der Waals surface area contributed by atoms with Crippen LogP contribution in [0.1, 0.15) is 35.6 Å². The monoisotopic (exact) mass is 474 g/mol. The van der Waals surface area contributed by atoms with Crippen LogP contribution >= 0.6 is 0 Å². The lowest BCUT2D eigenvalue weighted by Crippen LogP contribution is -2.46. The number of aromatic nitrogens is 5. The minimum Gasteiger partial charge on any atom is -0.374 e. The van der Waals surface area contributed by atoms with E-state index in [-0.39, 0.29) is 13.0 Å². The highest BCUT2D eigenvalue weighted by Crippen LogP contribution is 2.40. The molecule has 0 saturated heterocycles. The van der Waals surface area contributed by atoms with E-state index in [1.165, 1.54) is 19.4 Å². The fourth-order valence-corrected chi connectivity index (χ4v) is 4.19. The van der Waals surface area contributed by atoms with Crippen LogP contribution in [0.3, 0.4) is 0 Å². The number of hydrogen-bond donors (Lipinski definition) is 2. The van der Waals surface area contributed by atoms with Gasteiger partial charge in [-0.2, -0.15) is 18.3 Å². The summed E-state index contributed by atoms with van der Waals surface area (Å²) in [6.45, 7) is 3.40. The summed E-state index contributed by atoms with van der Waals surface area (Å²) in [4.78, 5) is 20.7. The molecule has 11 heteroatoms. The molecule has 1 unspecified atom stereocenters. The number of benzene rings is 1. The average Bonchev–Trinajstić information content (AvgIpc) is 3.36. The third-order valence-electron chi connectivity index (χ3n) is 6.09. The Morgan fingerprint density at radius 1 is 1.21 bits per heavy atom. The number of carbonyl (C=O) groups excluding carboxylic acids is 1. The normalized spacial score (nSPS) is 14.0. The van der Waals surface area contributed by atoms with Crippen molar-refractivity contribution >= 4 is 22.5 Å². The Morgan fingerprint density at radius 3 is 2.62 bits per heavy atom. The Morgan fingerprint density at radius 2 is 1.94 bits per heavy atom. The first kappa shape index (κ1) is 23.7. The SMILES string of the molecule is Cc1nc2c3ccccc3nn2c(C)c1CCC(=O)NCCC(O)(c1nccn1C)C(F)(F)F. The predicted octanol–water partition coefficient (Wildman–Crippen LogP) is 3.12. The number of fused-ring (bicyclic) bond motifs is 3. The lowest BCUT2D eigenvalue weighted by atomic mass is 9.97. The molecule has 0 fully saturated rings. The first-order valence-electron chi connectivity index (χ1n) is 10.8. The van der Waals surface area contributed by atoms with Gasteiger partial charge in [-0.1, -0.05) is 12.1 Å². The second-order valence-corrected chi connectivity index (χ2v) is 8.33. The number of hydrogen-bond acceptors (Lipinski definition) is 5. The number of halogens is 3. The second-order valence-electron chi connectivity index (χ2n) is 8.33. The van der Waals surface area contributed by atoms with Crippen molar-refractivity contribution < 1.29 is 23.1 Å². The van der Waals surface area contributed by atoms with Crippen LogP contribution in [-0.4, -0.2) is 47.9 Å².